The first kappa shape index (κ1) is 38.8. The van der Waals surface area contributed by atoms with E-state index < -0.39 is 47.3 Å². The number of aromatic nitrogens is 1. The third kappa shape index (κ3) is 9.12. The van der Waals surface area contributed by atoms with Crippen LogP contribution in [0.15, 0.2) is 83.6 Å². The van der Waals surface area contributed by atoms with Crippen LogP contribution in [0.2, 0.25) is 0 Å². The van der Waals surface area contributed by atoms with Crippen molar-refractivity contribution in [2.24, 2.45) is 11.7 Å². The van der Waals surface area contributed by atoms with Crippen molar-refractivity contribution in [2.45, 2.75) is 68.6 Å². The molecule has 0 aliphatic carbocycles. The zero-order valence-electron chi connectivity index (χ0n) is 31.0. The highest BCUT2D eigenvalue weighted by molar-refractivity contribution is 7.19. The van der Waals surface area contributed by atoms with Crippen LogP contribution in [-0.2, 0) is 43.2 Å². The van der Waals surface area contributed by atoms with Crippen LogP contribution >= 0.6 is 11.3 Å². The molecule has 15 heteroatoms. The van der Waals surface area contributed by atoms with Crippen molar-refractivity contribution in [2.75, 3.05) is 26.2 Å². The lowest BCUT2D eigenvalue weighted by atomic mass is 9.87. The average Bonchev–Trinajstić information content (AvgIpc) is 3.98. The number of piperidine rings is 2. The average molecular weight is 781 g/mol. The summed E-state index contributed by atoms with van der Waals surface area (Å²) < 4.78 is 6.63. The fraction of sp³-hybridized carbons (Fsp3) is 0.390. The summed E-state index contributed by atoms with van der Waals surface area (Å²) >= 11 is 1.55. The normalized spacial score (nSPS) is 17.4. The van der Waals surface area contributed by atoms with Crippen LogP contribution < -0.4 is 37.6 Å². The number of carbonyl (C=O) groups is 5. The number of H-pyrrole nitrogens is 1. The van der Waals surface area contributed by atoms with Gasteiger partial charge in [-0.05, 0) is 93.1 Å². The van der Waals surface area contributed by atoms with E-state index in [2.05, 4.69) is 36.9 Å². The van der Waals surface area contributed by atoms with Gasteiger partial charge in [-0.1, -0.05) is 36.4 Å². The van der Waals surface area contributed by atoms with Crippen molar-refractivity contribution in [3.63, 3.8) is 0 Å². The number of thiophene rings is 1. The third-order valence-electron chi connectivity index (χ3n) is 10.9. The summed E-state index contributed by atoms with van der Waals surface area (Å²) in [5.74, 6) is -2.44. The lowest BCUT2D eigenvalue weighted by Crippen LogP contribution is -2.65. The Balaban J connectivity index is 1.17. The van der Waals surface area contributed by atoms with Gasteiger partial charge in [-0.3, -0.25) is 24.0 Å². The second-order valence-corrected chi connectivity index (χ2v) is 15.9. The Hall–Kier alpha value is -5.51. The van der Waals surface area contributed by atoms with Gasteiger partial charge >= 0.3 is 0 Å². The van der Waals surface area contributed by atoms with E-state index in [1.54, 1.807) is 29.7 Å². The topological polar surface area (TPSA) is 212 Å². The molecule has 2 saturated heterocycles. The Morgan fingerprint density at radius 2 is 1.46 bits per heavy atom. The van der Waals surface area contributed by atoms with Gasteiger partial charge in [0, 0.05) is 51.9 Å². The number of amides is 5. The summed E-state index contributed by atoms with van der Waals surface area (Å²) in [5, 5.41) is 20.1. The molecule has 2 aliphatic rings. The Morgan fingerprint density at radius 3 is 2.18 bits per heavy atom. The largest absolute Gasteiger partial charge is 0.469 e. The quantitative estimate of drug-likeness (QED) is 0.0787. The first-order valence-electron chi connectivity index (χ1n) is 19.2. The van der Waals surface area contributed by atoms with E-state index in [0.717, 1.165) is 31.4 Å². The number of hydrogen-bond acceptors (Lipinski definition) is 9. The van der Waals surface area contributed by atoms with Crippen LogP contribution in [0.4, 0.5) is 0 Å². The number of fused-ring (bicyclic) bond motifs is 2. The number of benzene rings is 2. The molecule has 0 bridgehead atoms. The summed E-state index contributed by atoms with van der Waals surface area (Å²) in [7, 11) is 0. The molecule has 0 spiro atoms. The molecule has 3 atom stereocenters. The predicted molar refractivity (Wildman–Crippen MR) is 214 cm³/mol. The molecule has 2 aromatic carbocycles. The molecule has 5 aromatic rings. The van der Waals surface area contributed by atoms with Gasteiger partial charge in [-0.25, -0.2) is 0 Å². The maximum absolute atomic E-state index is 14.5. The third-order valence-corrected chi connectivity index (χ3v) is 12.0. The number of hydrogen-bond donors (Lipinski definition) is 8. The lowest BCUT2D eigenvalue weighted by molar-refractivity contribution is -0.136. The van der Waals surface area contributed by atoms with E-state index in [-0.39, 0.29) is 31.1 Å². The van der Waals surface area contributed by atoms with Crippen molar-refractivity contribution in [3.8, 4) is 0 Å². The molecular formula is C41H48N8O6S. The smallest absolute Gasteiger partial charge is 0.243 e. The molecule has 0 saturated carbocycles. The molecule has 5 amide bonds. The minimum Gasteiger partial charge on any atom is -0.469 e. The Kier molecular flexibility index (Phi) is 12.1. The molecule has 2 aliphatic heterocycles. The molecule has 0 unspecified atom stereocenters. The Labute approximate surface area is 328 Å². The van der Waals surface area contributed by atoms with Gasteiger partial charge in [-0.2, -0.15) is 0 Å². The van der Waals surface area contributed by atoms with Crippen LogP contribution in [0, 0.1) is 5.92 Å². The summed E-state index contributed by atoms with van der Waals surface area (Å²) in [6.07, 6.45) is 5.43. The van der Waals surface area contributed by atoms with Crippen molar-refractivity contribution in [1.82, 2.24) is 36.9 Å². The molecule has 56 heavy (non-hydrogen) atoms. The fourth-order valence-electron chi connectivity index (χ4n) is 7.64. The molecule has 3 aromatic heterocycles. The second-order valence-electron chi connectivity index (χ2n) is 14.7. The highest BCUT2D eigenvalue weighted by Gasteiger charge is 2.41. The van der Waals surface area contributed by atoms with Crippen LogP contribution in [0.3, 0.4) is 0 Å². The summed E-state index contributed by atoms with van der Waals surface area (Å²) in [6, 6.07) is 17.6. The van der Waals surface area contributed by atoms with E-state index in [4.69, 9.17) is 10.2 Å². The predicted octanol–water partition coefficient (Wildman–Crippen LogP) is 2.18. The van der Waals surface area contributed by atoms with Crippen molar-refractivity contribution < 1.29 is 28.4 Å². The molecule has 5 heterocycles. The fourth-order valence-corrected chi connectivity index (χ4v) is 8.75. The summed E-state index contributed by atoms with van der Waals surface area (Å²) in [4.78, 5) is 73.5. The van der Waals surface area contributed by atoms with E-state index >= 15 is 0 Å². The van der Waals surface area contributed by atoms with Crippen molar-refractivity contribution >= 4 is 61.9 Å². The summed E-state index contributed by atoms with van der Waals surface area (Å²) in [6.45, 7) is 2.38. The van der Waals surface area contributed by atoms with E-state index in [1.165, 1.54) is 6.26 Å². The van der Waals surface area contributed by atoms with Gasteiger partial charge < -0.3 is 47.0 Å². The standard InChI is InChI=1S/C41H48N8O6S/c42-40(54)41(13-17-44-18-14-41)49-39(53)33(22-28-7-5-19-55-28)48-37(51)32(21-27-24-45-31-9-3-2-8-30(27)31)47-38(52)34(46-36(50)25-11-15-43-16-12-25)23-29-20-26-6-1-4-10-35(26)56-29/h1-10,19-20,24-25,32-34,43-45H,11-18,21-23H2,(H2,42,54)(H,46,50)(H,47,52)(H,48,51)(H,49,53)/t32-,33+,34-/m1/s1. The second kappa shape index (κ2) is 17.5. The van der Waals surface area contributed by atoms with E-state index in [9.17, 15) is 24.0 Å². The van der Waals surface area contributed by atoms with Gasteiger partial charge in [0.25, 0.3) is 0 Å². The highest BCUT2D eigenvalue weighted by Crippen LogP contribution is 2.27. The van der Waals surface area contributed by atoms with Crippen LogP contribution in [0.5, 0.6) is 0 Å². The number of carbonyl (C=O) groups excluding carboxylic acids is 5. The molecule has 9 N–H and O–H groups in total. The van der Waals surface area contributed by atoms with Gasteiger partial charge in [-0.15, -0.1) is 11.3 Å². The van der Waals surface area contributed by atoms with Gasteiger partial charge in [0.15, 0.2) is 0 Å². The van der Waals surface area contributed by atoms with E-state index in [1.807, 2.05) is 54.6 Å². The minimum absolute atomic E-state index is 0.0215. The van der Waals surface area contributed by atoms with Gasteiger partial charge in [0.1, 0.15) is 29.4 Å². The Morgan fingerprint density at radius 1 is 0.786 bits per heavy atom. The lowest BCUT2D eigenvalue weighted by Gasteiger charge is -2.36. The Bertz CT molecular complexity index is 2130. The molecule has 14 nitrogen and oxygen atoms in total. The first-order chi connectivity index (χ1) is 27.2. The zero-order valence-corrected chi connectivity index (χ0v) is 31.8. The molecule has 294 valence electrons. The van der Waals surface area contributed by atoms with Crippen LogP contribution in [-0.4, -0.2) is 84.4 Å². The number of primary amides is 1. The maximum atomic E-state index is 14.5. The molecular weight excluding hydrogens is 733 g/mol. The first-order valence-corrected chi connectivity index (χ1v) is 20.0. The number of para-hydroxylation sites is 1. The minimum atomic E-state index is -1.29. The number of furan rings is 1. The number of nitrogens with one attached hydrogen (secondary N) is 7. The SMILES string of the molecule is NC(=O)C1(NC(=O)[C@H](Cc2ccco2)NC(=O)[C@@H](Cc2c[nH]c3ccccc23)NC(=O)[C@@H](Cc2cc3ccccc3s2)NC(=O)C2CCNCC2)CCNCC1. The van der Waals surface area contributed by atoms with Gasteiger partial charge in [0.2, 0.25) is 29.5 Å². The summed E-state index contributed by atoms with van der Waals surface area (Å²) in [5.41, 5.74) is 6.17. The van der Waals surface area contributed by atoms with Crippen molar-refractivity contribution in [1.29, 1.82) is 0 Å². The van der Waals surface area contributed by atoms with Gasteiger partial charge in [0.05, 0.1) is 6.26 Å². The maximum Gasteiger partial charge on any atom is 0.243 e. The highest BCUT2D eigenvalue weighted by atomic mass is 32.1. The number of rotatable bonds is 15. The van der Waals surface area contributed by atoms with Crippen molar-refractivity contribution in [3.05, 3.63) is 95.4 Å². The number of nitrogens with two attached hydrogens (primary N) is 1. The molecule has 2 fully saturated rings. The zero-order chi connectivity index (χ0) is 39.1. The number of aromatic amines is 1. The molecule has 7 rings (SSSR count). The monoisotopic (exact) mass is 780 g/mol. The van der Waals surface area contributed by atoms with Crippen LogP contribution in [0.1, 0.15) is 41.9 Å². The van der Waals surface area contributed by atoms with Crippen LogP contribution in [0.25, 0.3) is 21.0 Å². The molecule has 0 radical (unpaired) electrons. The van der Waals surface area contributed by atoms with E-state index in [0.29, 0.717) is 57.6 Å².